The molecule has 0 saturated carbocycles. The summed E-state index contributed by atoms with van der Waals surface area (Å²) in [7, 11) is -3.02. The third-order valence-electron chi connectivity index (χ3n) is 8.15. The fourth-order valence-corrected chi connectivity index (χ4v) is 7.00. The molecule has 0 N–H and O–H groups in total. The van der Waals surface area contributed by atoms with Gasteiger partial charge in [0.25, 0.3) is 0 Å². The normalized spacial score (nSPS) is 23.3. The third kappa shape index (κ3) is 7.48. The van der Waals surface area contributed by atoms with Crippen molar-refractivity contribution < 1.29 is 17.7 Å². The molecule has 4 atom stereocenters. The minimum absolute atomic E-state index is 0. The van der Waals surface area contributed by atoms with Crippen molar-refractivity contribution in [2.45, 2.75) is 70.9 Å². The number of halogens is 2. The summed E-state index contributed by atoms with van der Waals surface area (Å²) in [6, 6.07) is 23.9. The Kier molecular flexibility index (Phi) is 11.1. The molecule has 2 aliphatic rings. The summed E-state index contributed by atoms with van der Waals surface area (Å²) in [5, 5.41) is 1.54. The molecule has 2 aliphatic heterocycles. The fraction of sp³-hybridized carbons (Fsp3) is 0.400. The van der Waals surface area contributed by atoms with E-state index in [0.717, 1.165) is 41.0 Å². The monoisotopic (exact) mass is 628 g/mol. The molecule has 7 heteroatoms. The van der Waals surface area contributed by atoms with Gasteiger partial charge in [0.2, 0.25) is 0 Å². The third-order valence-corrected chi connectivity index (χ3v) is 9.77. The predicted molar refractivity (Wildman–Crippen MR) is 177 cm³/mol. The molecule has 5 rings (SSSR count). The van der Waals surface area contributed by atoms with Gasteiger partial charge in [-0.15, -0.1) is 6.58 Å². The van der Waals surface area contributed by atoms with Gasteiger partial charge in [-0.25, -0.2) is 8.42 Å². The first-order valence-corrected chi connectivity index (χ1v) is 16.7. The standard InChI is InChI=1S/C26H30Cl2NO.C8H10O2S.CH4/c1-5-13-26(4)15-22(19-7-6-8-21(28)14-19)24(18-9-11-20(27)12-10-18)29-23(17(2)3)16-30-25(26)29;1-7-3-5-8(6-4-7)11(2,9)10;/h5-12,14,17,22-24H,1,13,15-16H2,2-4H3;3-6H,1-2H3;1H4/q+1;;/t22-,23-,24?,26+;;/m1../s1. The molecule has 0 bridgehead atoms. The Morgan fingerprint density at radius 3 is 2.21 bits per heavy atom. The predicted octanol–water partition coefficient (Wildman–Crippen LogP) is 9.30. The van der Waals surface area contributed by atoms with E-state index in [2.05, 4.69) is 62.3 Å². The zero-order valence-electron chi connectivity index (χ0n) is 24.5. The summed E-state index contributed by atoms with van der Waals surface area (Å²) in [5.41, 5.74) is 3.50. The number of hydrogen-bond donors (Lipinski definition) is 0. The second-order valence-corrected chi connectivity index (χ2v) is 14.7. The summed E-state index contributed by atoms with van der Waals surface area (Å²) in [6.45, 7) is 13.6. The molecule has 2 heterocycles. The van der Waals surface area contributed by atoms with Crippen molar-refractivity contribution in [1.29, 1.82) is 0 Å². The molecular weight excluding hydrogens is 585 g/mol. The van der Waals surface area contributed by atoms with Gasteiger partial charge in [-0.1, -0.05) is 92.5 Å². The Morgan fingerprint density at radius 1 is 1.02 bits per heavy atom. The van der Waals surface area contributed by atoms with Gasteiger partial charge in [0.15, 0.2) is 28.5 Å². The maximum absolute atomic E-state index is 10.9. The number of nitrogens with zero attached hydrogens (tertiary/aromatic N) is 1. The van der Waals surface area contributed by atoms with Crippen molar-refractivity contribution in [3.05, 3.63) is 112 Å². The number of allylic oxidation sites excluding steroid dienone is 1. The van der Waals surface area contributed by atoms with Gasteiger partial charge in [0.1, 0.15) is 0 Å². The van der Waals surface area contributed by atoms with Gasteiger partial charge in [0.05, 0.1) is 16.2 Å². The molecule has 226 valence electrons. The van der Waals surface area contributed by atoms with Crippen LogP contribution in [0.2, 0.25) is 10.0 Å². The van der Waals surface area contributed by atoms with Gasteiger partial charge >= 0.3 is 5.90 Å². The van der Waals surface area contributed by atoms with Crippen LogP contribution in [0.1, 0.15) is 69.7 Å². The van der Waals surface area contributed by atoms with Crippen molar-refractivity contribution in [3.8, 4) is 0 Å². The minimum Gasteiger partial charge on any atom is -0.441 e. The molecule has 0 fully saturated rings. The van der Waals surface area contributed by atoms with Gasteiger partial charge in [0, 0.05) is 27.8 Å². The summed E-state index contributed by atoms with van der Waals surface area (Å²) in [4.78, 5) is 0.378. The average Bonchev–Trinajstić information content (AvgIpc) is 3.36. The zero-order chi connectivity index (χ0) is 29.9. The first kappa shape index (κ1) is 33.9. The van der Waals surface area contributed by atoms with Crippen LogP contribution < -0.4 is 0 Å². The lowest BCUT2D eigenvalue weighted by molar-refractivity contribution is -0.616. The Morgan fingerprint density at radius 2 is 1.67 bits per heavy atom. The summed E-state index contributed by atoms with van der Waals surface area (Å²) < 4.78 is 30.9. The van der Waals surface area contributed by atoms with Crippen molar-refractivity contribution in [1.82, 2.24) is 0 Å². The largest absolute Gasteiger partial charge is 0.441 e. The molecule has 0 saturated heterocycles. The van der Waals surface area contributed by atoms with Crippen LogP contribution in [0.15, 0.2) is 90.3 Å². The Bertz CT molecular complexity index is 1510. The molecule has 0 amide bonds. The van der Waals surface area contributed by atoms with Gasteiger partial charge in [-0.2, -0.15) is 4.58 Å². The molecule has 0 aromatic heterocycles. The van der Waals surface area contributed by atoms with Gasteiger partial charge < -0.3 is 4.74 Å². The first-order chi connectivity index (χ1) is 19.3. The molecular formula is C35H44Cl2NO3S+. The molecule has 1 unspecified atom stereocenters. The van der Waals surface area contributed by atoms with Crippen molar-refractivity contribution in [3.63, 3.8) is 0 Å². The SMILES string of the molecule is C.C=CC[C@@]1(C)C[C@H](c2cccc(Cl)c2)C(c2ccc(Cl)cc2)[N+]2=C1OC[C@@H]2C(C)C.Cc1ccc(S(C)(=O)=O)cc1. The maximum Gasteiger partial charge on any atom is 0.343 e. The lowest BCUT2D eigenvalue weighted by Crippen LogP contribution is -2.46. The number of ether oxygens (including phenoxy) is 1. The molecule has 3 aromatic rings. The number of aryl methyl sites for hydroxylation is 1. The van der Waals surface area contributed by atoms with Crippen LogP contribution in [0.3, 0.4) is 0 Å². The Labute approximate surface area is 263 Å². The van der Waals surface area contributed by atoms with Crippen molar-refractivity contribution >= 4 is 38.9 Å². The highest BCUT2D eigenvalue weighted by molar-refractivity contribution is 7.90. The van der Waals surface area contributed by atoms with Crippen LogP contribution in [0.25, 0.3) is 0 Å². The number of benzene rings is 3. The first-order valence-electron chi connectivity index (χ1n) is 14.0. The van der Waals surface area contributed by atoms with Crippen LogP contribution in [0.4, 0.5) is 0 Å². The number of hydrogen-bond acceptors (Lipinski definition) is 3. The minimum atomic E-state index is -3.02. The topological polar surface area (TPSA) is 46.4 Å². The summed E-state index contributed by atoms with van der Waals surface area (Å²) in [5.74, 6) is 1.87. The maximum atomic E-state index is 10.9. The van der Waals surface area contributed by atoms with E-state index in [0.29, 0.717) is 16.9 Å². The number of rotatable bonds is 6. The second-order valence-electron chi connectivity index (χ2n) is 11.8. The summed E-state index contributed by atoms with van der Waals surface area (Å²) in [6.07, 6.45) is 5.09. The molecule has 4 nitrogen and oxygen atoms in total. The Balaban J connectivity index is 0.000000342. The van der Waals surface area contributed by atoms with E-state index in [1.165, 1.54) is 17.4 Å². The van der Waals surface area contributed by atoms with E-state index in [9.17, 15) is 8.42 Å². The van der Waals surface area contributed by atoms with E-state index in [4.69, 9.17) is 27.9 Å². The number of sulfone groups is 1. The highest BCUT2D eigenvalue weighted by Gasteiger charge is 2.57. The molecule has 3 aromatic carbocycles. The Hall–Kier alpha value is -2.60. The van der Waals surface area contributed by atoms with E-state index in [-0.39, 0.29) is 24.8 Å². The van der Waals surface area contributed by atoms with Crippen LogP contribution in [0.5, 0.6) is 0 Å². The van der Waals surface area contributed by atoms with Gasteiger partial charge in [-0.05, 0) is 68.7 Å². The van der Waals surface area contributed by atoms with E-state index < -0.39 is 9.84 Å². The highest BCUT2D eigenvalue weighted by atomic mass is 35.5. The van der Waals surface area contributed by atoms with E-state index >= 15 is 0 Å². The molecule has 0 spiro atoms. The smallest absolute Gasteiger partial charge is 0.343 e. The van der Waals surface area contributed by atoms with E-state index in [1.54, 1.807) is 24.3 Å². The zero-order valence-corrected chi connectivity index (χ0v) is 26.8. The quantitative estimate of drug-likeness (QED) is 0.202. The van der Waals surface area contributed by atoms with Crippen LogP contribution in [-0.4, -0.2) is 37.8 Å². The van der Waals surface area contributed by atoms with Crippen LogP contribution in [0, 0.1) is 18.3 Å². The van der Waals surface area contributed by atoms with Crippen molar-refractivity contribution in [2.75, 3.05) is 12.9 Å². The average molecular weight is 630 g/mol. The van der Waals surface area contributed by atoms with Crippen LogP contribution in [-0.2, 0) is 14.6 Å². The lowest BCUT2D eigenvalue weighted by Gasteiger charge is -2.39. The van der Waals surface area contributed by atoms with Crippen molar-refractivity contribution in [2.24, 2.45) is 11.3 Å². The molecule has 42 heavy (non-hydrogen) atoms. The summed E-state index contributed by atoms with van der Waals surface area (Å²) >= 11 is 12.7. The molecule has 0 aliphatic carbocycles. The highest BCUT2D eigenvalue weighted by Crippen LogP contribution is 2.51. The molecule has 0 radical (unpaired) electrons. The van der Waals surface area contributed by atoms with E-state index in [1.807, 2.05) is 31.2 Å². The fourth-order valence-electron chi connectivity index (χ4n) is 6.05. The van der Waals surface area contributed by atoms with Gasteiger partial charge in [-0.3, -0.25) is 0 Å². The second kappa shape index (κ2) is 13.8. The van der Waals surface area contributed by atoms with Crippen LogP contribution >= 0.6 is 23.2 Å². The lowest BCUT2D eigenvalue weighted by atomic mass is 9.69.